The van der Waals surface area contributed by atoms with Gasteiger partial charge in [0.15, 0.2) is 5.60 Å². The van der Waals surface area contributed by atoms with Crippen LogP contribution in [0.15, 0.2) is 48.5 Å². The number of piperazine rings is 1. The highest BCUT2D eigenvalue weighted by molar-refractivity contribution is 5.86. The summed E-state index contributed by atoms with van der Waals surface area (Å²) in [6.45, 7) is 10.3. The van der Waals surface area contributed by atoms with E-state index in [0.717, 1.165) is 81.0 Å². The zero-order valence-electron chi connectivity index (χ0n) is 20.7. The number of methoxy groups -OCH3 is 1. The van der Waals surface area contributed by atoms with Crippen molar-refractivity contribution in [3.8, 4) is 16.9 Å². The Bertz CT molecular complexity index is 934. The number of para-hydroxylation sites is 1. The van der Waals surface area contributed by atoms with Crippen LogP contribution in [-0.2, 0) is 16.0 Å². The van der Waals surface area contributed by atoms with E-state index in [9.17, 15) is 4.79 Å². The van der Waals surface area contributed by atoms with E-state index in [1.54, 1.807) is 7.11 Å². The predicted octanol–water partition coefficient (Wildman–Crippen LogP) is 3.60. The zero-order chi connectivity index (χ0) is 23.8. The molecule has 0 radical (unpaired) electrons. The number of hydrogen-bond donors (Lipinski definition) is 1. The third-order valence-electron chi connectivity index (χ3n) is 7.20. The molecule has 34 heavy (non-hydrogen) atoms. The highest BCUT2D eigenvalue weighted by Crippen LogP contribution is 2.33. The maximum atomic E-state index is 13.3. The lowest BCUT2D eigenvalue weighted by Gasteiger charge is -2.34. The number of carbonyl (C=O) groups excluding carboxylic acids is 1. The van der Waals surface area contributed by atoms with Crippen molar-refractivity contribution in [2.75, 3.05) is 59.5 Å². The van der Waals surface area contributed by atoms with Crippen LogP contribution in [0.5, 0.6) is 5.75 Å². The van der Waals surface area contributed by atoms with Gasteiger partial charge in [-0.05, 0) is 49.5 Å². The van der Waals surface area contributed by atoms with Crippen molar-refractivity contribution < 1.29 is 14.3 Å². The van der Waals surface area contributed by atoms with E-state index in [0.29, 0.717) is 19.6 Å². The summed E-state index contributed by atoms with van der Waals surface area (Å²) in [6, 6.07) is 16.4. The first-order valence-electron chi connectivity index (χ1n) is 12.7. The molecule has 0 bridgehead atoms. The fourth-order valence-electron chi connectivity index (χ4n) is 5.15. The van der Waals surface area contributed by atoms with Crippen molar-refractivity contribution in [3.63, 3.8) is 0 Å². The fraction of sp³-hybridized carbons (Fsp3) is 0.536. The molecule has 2 aromatic carbocycles. The molecular formula is C28H39N3O3. The van der Waals surface area contributed by atoms with Crippen LogP contribution in [0.2, 0.25) is 0 Å². The van der Waals surface area contributed by atoms with E-state index in [1.165, 1.54) is 0 Å². The first-order valence-corrected chi connectivity index (χ1v) is 12.7. The molecule has 0 aromatic heterocycles. The molecule has 1 N–H and O–H groups in total. The van der Waals surface area contributed by atoms with Crippen LogP contribution in [-0.4, -0.2) is 80.8 Å². The van der Waals surface area contributed by atoms with Gasteiger partial charge >= 0.3 is 0 Å². The molecule has 0 spiro atoms. The molecule has 1 atom stereocenters. The molecule has 0 unspecified atom stereocenters. The molecule has 6 heteroatoms. The number of amides is 1. The SMILES string of the molecule is CCN1CCN(CCCNC(=O)[C@@]2(Cc3cccc(-c4ccccc4OC)c3)CCCO2)CC1. The van der Waals surface area contributed by atoms with E-state index in [1.807, 2.05) is 18.2 Å². The largest absolute Gasteiger partial charge is 0.496 e. The Morgan fingerprint density at radius 3 is 2.62 bits per heavy atom. The van der Waals surface area contributed by atoms with Crippen LogP contribution in [0.1, 0.15) is 31.7 Å². The van der Waals surface area contributed by atoms with Gasteiger partial charge in [0.25, 0.3) is 5.91 Å². The minimum Gasteiger partial charge on any atom is -0.496 e. The standard InChI is InChI=1S/C28H39N3O3/c1-3-30-16-18-31(19-17-30)15-8-14-29-27(32)28(13-7-20-34-28)22-23-9-6-10-24(21-23)25-11-4-5-12-26(25)33-2/h4-6,9-12,21H,3,7-8,13-20,22H2,1-2H3,(H,29,32)/t28-/m0/s1. The zero-order valence-corrected chi connectivity index (χ0v) is 20.7. The lowest BCUT2D eigenvalue weighted by atomic mass is 9.89. The smallest absolute Gasteiger partial charge is 0.252 e. The van der Waals surface area contributed by atoms with Gasteiger partial charge in [-0.3, -0.25) is 4.79 Å². The molecule has 184 valence electrons. The van der Waals surface area contributed by atoms with Gasteiger partial charge in [0.2, 0.25) is 0 Å². The summed E-state index contributed by atoms with van der Waals surface area (Å²) in [7, 11) is 1.69. The average molecular weight is 466 g/mol. The van der Waals surface area contributed by atoms with Gasteiger partial charge in [-0.25, -0.2) is 0 Å². The second-order valence-corrected chi connectivity index (χ2v) is 9.41. The van der Waals surface area contributed by atoms with Gasteiger partial charge in [0, 0.05) is 51.3 Å². The van der Waals surface area contributed by atoms with Gasteiger partial charge in [-0.1, -0.05) is 49.4 Å². The molecule has 2 aliphatic rings. The van der Waals surface area contributed by atoms with Crippen molar-refractivity contribution in [2.24, 2.45) is 0 Å². The van der Waals surface area contributed by atoms with E-state index in [-0.39, 0.29) is 5.91 Å². The summed E-state index contributed by atoms with van der Waals surface area (Å²) in [4.78, 5) is 18.3. The van der Waals surface area contributed by atoms with Crippen molar-refractivity contribution in [1.82, 2.24) is 15.1 Å². The number of nitrogens with zero attached hydrogens (tertiary/aromatic N) is 2. The Kier molecular flexibility index (Phi) is 8.59. The Hall–Kier alpha value is -2.41. The summed E-state index contributed by atoms with van der Waals surface area (Å²) < 4.78 is 11.7. The fourth-order valence-corrected chi connectivity index (χ4v) is 5.15. The van der Waals surface area contributed by atoms with Gasteiger partial charge in [0.1, 0.15) is 5.75 Å². The topological polar surface area (TPSA) is 54.0 Å². The molecule has 6 nitrogen and oxygen atoms in total. The van der Waals surface area contributed by atoms with Crippen LogP contribution in [0.3, 0.4) is 0 Å². The maximum absolute atomic E-state index is 13.3. The molecule has 2 fully saturated rings. The molecule has 2 aliphatic heterocycles. The number of hydrogen-bond acceptors (Lipinski definition) is 5. The Morgan fingerprint density at radius 1 is 1.09 bits per heavy atom. The summed E-state index contributed by atoms with van der Waals surface area (Å²) in [5, 5.41) is 3.19. The highest BCUT2D eigenvalue weighted by atomic mass is 16.5. The highest BCUT2D eigenvalue weighted by Gasteiger charge is 2.42. The normalized spacial score (nSPS) is 21.5. The quantitative estimate of drug-likeness (QED) is 0.544. The van der Waals surface area contributed by atoms with Crippen molar-refractivity contribution in [1.29, 1.82) is 0 Å². The Balaban J connectivity index is 1.35. The first-order chi connectivity index (χ1) is 16.6. The summed E-state index contributed by atoms with van der Waals surface area (Å²) in [6.07, 6.45) is 3.23. The molecular weight excluding hydrogens is 426 g/mol. The van der Waals surface area contributed by atoms with E-state index in [2.05, 4.69) is 52.4 Å². The van der Waals surface area contributed by atoms with Gasteiger partial charge < -0.3 is 24.6 Å². The Labute approximate surface area is 204 Å². The third-order valence-corrected chi connectivity index (χ3v) is 7.20. The van der Waals surface area contributed by atoms with Crippen LogP contribution in [0.25, 0.3) is 11.1 Å². The van der Waals surface area contributed by atoms with Crippen LogP contribution in [0.4, 0.5) is 0 Å². The minimum atomic E-state index is -0.772. The molecule has 0 saturated carbocycles. The molecule has 4 rings (SSSR count). The number of benzene rings is 2. The maximum Gasteiger partial charge on any atom is 0.252 e. The average Bonchev–Trinajstić information content (AvgIpc) is 3.36. The van der Waals surface area contributed by atoms with Crippen LogP contribution < -0.4 is 10.1 Å². The van der Waals surface area contributed by atoms with Crippen LogP contribution >= 0.6 is 0 Å². The van der Waals surface area contributed by atoms with Crippen molar-refractivity contribution in [3.05, 3.63) is 54.1 Å². The Morgan fingerprint density at radius 2 is 1.88 bits per heavy atom. The summed E-state index contributed by atoms with van der Waals surface area (Å²) in [5.74, 6) is 0.879. The second-order valence-electron chi connectivity index (χ2n) is 9.41. The molecule has 2 saturated heterocycles. The number of ether oxygens (including phenoxy) is 2. The number of nitrogens with one attached hydrogen (secondary N) is 1. The third kappa shape index (κ3) is 5.98. The molecule has 1 amide bonds. The summed E-state index contributed by atoms with van der Waals surface area (Å²) in [5.41, 5.74) is 2.48. The molecule has 2 aromatic rings. The van der Waals surface area contributed by atoms with Crippen molar-refractivity contribution in [2.45, 2.75) is 38.2 Å². The van der Waals surface area contributed by atoms with Gasteiger partial charge in [-0.2, -0.15) is 0 Å². The van der Waals surface area contributed by atoms with E-state index < -0.39 is 5.60 Å². The number of likely N-dealkylation sites (N-methyl/N-ethyl adjacent to an activating group) is 1. The second kappa shape index (κ2) is 11.8. The number of rotatable bonds is 10. The van der Waals surface area contributed by atoms with Crippen molar-refractivity contribution >= 4 is 5.91 Å². The van der Waals surface area contributed by atoms with Crippen LogP contribution in [0, 0.1) is 0 Å². The monoisotopic (exact) mass is 465 g/mol. The minimum absolute atomic E-state index is 0.0310. The van der Waals surface area contributed by atoms with E-state index >= 15 is 0 Å². The number of carbonyl (C=O) groups is 1. The molecule has 0 aliphatic carbocycles. The van der Waals surface area contributed by atoms with Gasteiger partial charge in [0.05, 0.1) is 7.11 Å². The lowest BCUT2D eigenvalue weighted by Crippen LogP contribution is -2.49. The lowest BCUT2D eigenvalue weighted by molar-refractivity contribution is -0.141. The summed E-state index contributed by atoms with van der Waals surface area (Å²) >= 11 is 0. The van der Waals surface area contributed by atoms with Gasteiger partial charge in [-0.15, -0.1) is 0 Å². The molecule has 2 heterocycles. The first kappa shape index (κ1) is 24.7. The predicted molar refractivity (Wildman–Crippen MR) is 136 cm³/mol. The van der Waals surface area contributed by atoms with E-state index in [4.69, 9.17) is 9.47 Å².